The summed E-state index contributed by atoms with van der Waals surface area (Å²) in [4.78, 5) is 25.2. The first kappa shape index (κ1) is 17.0. The van der Waals surface area contributed by atoms with Gasteiger partial charge in [-0.25, -0.2) is 9.07 Å². The number of ether oxygens (including phenoxy) is 1. The molecular weight excluding hydrogens is 331 g/mol. The van der Waals surface area contributed by atoms with Crippen LogP contribution in [0, 0.1) is 5.82 Å². The van der Waals surface area contributed by atoms with Crippen molar-refractivity contribution in [2.75, 3.05) is 19.8 Å². The highest BCUT2D eigenvalue weighted by atomic mass is 19.1. The third-order valence-electron chi connectivity index (χ3n) is 4.00. The summed E-state index contributed by atoms with van der Waals surface area (Å²) in [6, 6.07) is 5.35. The van der Waals surface area contributed by atoms with Gasteiger partial charge >= 0.3 is 5.97 Å². The normalized spacial score (nSPS) is 15.1. The minimum Gasteiger partial charge on any atom is -0.480 e. The maximum Gasteiger partial charge on any atom is 0.323 e. The molecule has 1 fully saturated rings. The molecule has 0 spiro atoms. The second-order valence-electron chi connectivity index (χ2n) is 5.70. The average molecular weight is 348 g/mol. The Balaban J connectivity index is 1.81. The number of hydrogen-bond acceptors (Lipinski definition) is 5. The molecule has 0 aliphatic carbocycles. The van der Waals surface area contributed by atoms with Crippen LogP contribution in [0.1, 0.15) is 23.3 Å². The van der Waals surface area contributed by atoms with E-state index in [4.69, 9.17) is 9.84 Å². The van der Waals surface area contributed by atoms with Crippen molar-refractivity contribution in [1.29, 1.82) is 0 Å². The summed E-state index contributed by atoms with van der Waals surface area (Å²) in [5.74, 6) is -1.97. The molecule has 1 N–H and O–H groups in total. The number of halogens is 1. The molecule has 1 aromatic carbocycles. The maximum absolute atomic E-state index is 13.0. The molecule has 25 heavy (non-hydrogen) atoms. The van der Waals surface area contributed by atoms with Crippen LogP contribution in [0.2, 0.25) is 0 Å². The lowest BCUT2D eigenvalue weighted by atomic mass is 10.1. The lowest BCUT2D eigenvalue weighted by Gasteiger charge is -2.32. The molecule has 9 heteroatoms. The Morgan fingerprint density at radius 3 is 2.60 bits per heavy atom. The molecule has 1 amide bonds. The Labute approximate surface area is 142 Å². The summed E-state index contributed by atoms with van der Waals surface area (Å²) >= 11 is 0. The second kappa shape index (κ2) is 7.39. The summed E-state index contributed by atoms with van der Waals surface area (Å²) in [6.07, 6.45) is 2.56. The van der Waals surface area contributed by atoms with Gasteiger partial charge in [0.25, 0.3) is 5.91 Å². The number of rotatable bonds is 5. The van der Waals surface area contributed by atoms with Crippen molar-refractivity contribution in [2.45, 2.75) is 18.9 Å². The zero-order valence-corrected chi connectivity index (χ0v) is 13.3. The summed E-state index contributed by atoms with van der Waals surface area (Å²) in [6.45, 7) is 0.555. The van der Waals surface area contributed by atoms with E-state index in [9.17, 15) is 14.0 Å². The fourth-order valence-corrected chi connectivity index (χ4v) is 2.74. The van der Waals surface area contributed by atoms with Gasteiger partial charge in [-0.3, -0.25) is 9.59 Å². The molecule has 2 aromatic rings. The van der Waals surface area contributed by atoms with E-state index >= 15 is 0 Å². The van der Waals surface area contributed by atoms with Gasteiger partial charge in [-0.05, 0) is 37.1 Å². The minimum absolute atomic E-state index is 0.0390. The molecular formula is C16H17FN4O4. The van der Waals surface area contributed by atoms with E-state index in [0.717, 1.165) is 0 Å². The van der Waals surface area contributed by atoms with Gasteiger partial charge in [0.15, 0.2) is 5.69 Å². The number of carbonyl (C=O) groups is 2. The molecule has 0 radical (unpaired) electrons. The fraction of sp³-hybridized carbons (Fsp3) is 0.375. The number of carbonyl (C=O) groups excluding carboxylic acids is 1. The zero-order chi connectivity index (χ0) is 17.8. The summed E-state index contributed by atoms with van der Waals surface area (Å²) in [5.41, 5.74) is 0.584. The van der Waals surface area contributed by atoms with Gasteiger partial charge < -0.3 is 14.7 Å². The average Bonchev–Trinajstić information content (AvgIpc) is 3.10. The van der Waals surface area contributed by atoms with E-state index in [2.05, 4.69) is 10.3 Å². The van der Waals surface area contributed by atoms with Crippen LogP contribution in [0.25, 0.3) is 5.69 Å². The topological polar surface area (TPSA) is 97.6 Å². The van der Waals surface area contributed by atoms with Gasteiger partial charge in [-0.2, -0.15) is 0 Å². The molecule has 1 aliphatic rings. The number of nitrogens with zero attached hydrogens (tertiary/aromatic N) is 4. The van der Waals surface area contributed by atoms with Crippen LogP contribution in [0.15, 0.2) is 30.5 Å². The Morgan fingerprint density at radius 1 is 1.28 bits per heavy atom. The molecule has 0 bridgehead atoms. The Morgan fingerprint density at radius 2 is 1.96 bits per heavy atom. The zero-order valence-electron chi connectivity index (χ0n) is 13.3. The molecule has 1 aromatic heterocycles. The standard InChI is InChI=1S/C16H17FN4O4/c17-11-1-3-13(4-2-11)21-9-14(18-19-21)16(24)20(10-15(22)23)12-5-7-25-8-6-12/h1-4,9,12H,5-8,10H2,(H,22,23). The molecule has 1 saturated heterocycles. The van der Waals surface area contributed by atoms with Crippen molar-refractivity contribution in [3.63, 3.8) is 0 Å². The minimum atomic E-state index is -1.09. The number of amides is 1. The van der Waals surface area contributed by atoms with Crippen molar-refractivity contribution in [1.82, 2.24) is 19.9 Å². The monoisotopic (exact) mass is 348 g/mol. The predicted molar refractivity (Wildman–Crippen MR) is 83.8 cm³/mol. The number of aliphatic carboxylic acids is 1. The Bertz CT molecular complexity index is 756. The van der Waals surface area contributed by atoms with Crippen molar-refractivity contribution in [3.05, 3.63) is 42.0 Å². The number of aromatic nitrogens is 3. The largest absolute Gasteiger partial charge is 0.480 e. The first-order valence-corrected chi connectivity index (χ1v) is 7.83. The highest BCUT2D eigenvalue weighted by Crippen LogP contribution is 2.17. The number of carboxylic acid groups (broad SMARTS) is 1. The van der Waals surface area contributed by atoms with E-state index in [1.54, 1.807) is 0 Å². The highest BCUT2D eigenvalue weighted by Gasteiger charge is 2.30. The van der Waals surface area contributed by atoms with Gasteiger partial charge in [-0.1, -0.05) is 5.21 Å². The van der Waals surface area contributed by atoms with Crippen LogP contribution >= 0.6 is 0 Å². The third-order valence-corrected chi connectivity index (χ3v) is 4.00. The second-order valence-corrected chi connectivity index (χ2v) is 5.70. The lowest BCUT2D eigenvalue weighted by Crippen LogP contribution is -2.46. The molecule has 0 saturated carbocycles. The lowest BCUT2D eigenvalue weighted by molar-refractivity contribution is -0.138. The SMILES string of the molecule is O=C(O)CN(C(=O)c1cn(-c2ccc(F)cc2)nn1)C1CCOCC1. The van der Waals surface area contributed by atoms with Crippen LogP contribution in [0.3, 0.4) is 0 Å². The quantitative estimate of drug-likeness (QED) is 0.869. The number of hydrogen-bond donors (Lipinski definition) is 1. The van der Waals surface area contributed by atoms with Gasteiger partial charge in [0, 0.05) is 19.3 Å². The first-order valence-electron chi connectivity index (χ1n) is 7.83. The van der Waals surface area contributed by atoms with Gasteiger partial charge in [0.05, 0.1) is 11.9 Å². The van der Waals surface area contributed by atoms with Crippen molar-refractivity contribution < 1.29 is 23.8 Å². The van der Waals surface area contributed by atoms with Gasteiger partial charge in [0.1, 0.15) is 12.4 Å². The van der Waals surface area contributed by atoms with Crippen LogP contribution in [-0.2, 0) is 9.53 Å². The van der Waals surface area contributed by atoms with E-state index in [0.29, 0.717) is 31.7 Å². The molecule has 1 aliphatic heterocycles. The number of carboxylic acids is 1. The summed E-state index contributed by atoms with van der Waals surface area (Å²) in [5, 5.41) is 16.8. The molecule has 8 nitrogen and oxygen atoms in total. The molecule has 2 heterocycles. The Kier molecular flexibility index (Phi) is 5.03. The molecule has 132 valence electrons. The smallest absolute Gasteiger partial charge is 0.323 e. The van der Waals surface area contributed by atoms with E-state index in [-0.39, 0.29) is 17.6 Å². The Hall–Kier alpha value is -2.81. The highest BCUT2D eigenvalue weighted by molar-refractivity contribution is 5.94. The molecule has 0 unspecified atom stereocenters. The number of benzene rings is 1. The van der Waals surface area contributed by atoms with Crippen LogP contribution < -0.4 is 0 Å². The van der Waals surface area contributed by atoms with Crippen LogP contribution in [0.5, 0.6) is 0 Å². The summed E-state index contributed by atoms with van der Waals surface area (Å²) in [7, 11) is 0. The van der Waals surface area contributed by atoms with E-state index in [1.165, 1.54) is 40.0 Å². The predicted octanol–water partition coefficient (Wildman–Crippen LogP) is 1.11. The third kappa shape index (κ3) is 4.00. The van der Waals surface area contributed by atoms with Crippen molar-refractivity contribution >= 4 is 11.9 Å². The molecule has 0 atom stereocenters. The van der Waals surface area contributed by atoms with Crippen LogP contribution in [0.4, 0.5) is 4.39 Å². The fourth-order valence-electron chi connectivity index (χ4n) is 2.74. The maximum atomic E-state index is 13.0. The molecule has 3 rings (SSSR count). The van der Waals surface area contributed by atoms with E-state index < -0.39 is 18.4 Å². The van der Waals surface area contributed by atoms with Crippen molar-refractivity contribution in [2.24, 2.45) is 0 Å². The van der Waals surface area contributed by atoms with Gasteiger partial charge in [-0.15, -0.1) is 5.10 Å². The van der Waals surface area contributed by atoms with Crippen LogP contribution in [-0.4, -0.2) is 62.7 Å². The summed E-state index contributed by atoms with van der Waals surface area (Å²) < 4.78 is 19.6. The van der Waals surface area contributed by atoms with Gasteiger partial charge in [0.2, 0.25) is 0 Å². The van der Waals surface area contributed by atoms with E-state index in [1.807, 2.05) is 0 Å². The van der Waals surface area contributed by atoms with Crippen molar-refractivity contribution in [3.8, 4) is 5.69 Å². The first-order chi connectivity index (χ1) is 12.0.